The molecule has 2 fully saturated rings. The SMILES string of the molecule is O=C(NCc1ccncc1)C1C2C(=O)N(c3ccc4c(c3)OCO4)CC23C=C[C@H]1O3. The molecule has 2 amide bonds. The molecular weight excluding hydrogens is 386 g/mol. The van der Waals surface area contributed by atoms with Crippen LogP contribution in [0.2, 0.25) is 0 Å². The van der Waals surface area contributed by atoms with E-state index < -0.39 is 17.4 Å². The molecule has 1 aromatic carbocycles. The zero-order valence-electron chi connectivity index (χ0n) is 16.0. The number of amides is 2. The Kier molecular flexibility index (Phi) is 3.67. The van der Waals surface area contributed by atoms with Crippen molar-refractivity contribution in [3.63, 3.8) is 0 Å². The fourth-order valence-electron chi connectivity index (χ4n) is 4.88. The van der Waals surface area contributed by atoms with Gasteiger partial charge in [-0.3, -0.25) is 14.6 Å². The van der Waals surface area contributed by atoms with Crippen molar-refractivity contribution in [3.8, 4) is 11.5 Å². The number of rotatable bonds is 4. The number of ether oxygens (including phenoxy) is 3. The number of fused-ring (bicyclic) bond motifs is 2. The predicted molar refractivity (Wildman–Crippen MR) is 105 cm³/mol. The maximum atomic E-state index is 13.4. The largest absolute Gasteiger partial charge is 0.454 e. The minimum atomic E-state index is -0.767. The summed E-state index contributed by atoms with van der Waals surface area (Å²) in [7, 11) is 0. The number of carbonyl (C=O) groups is 2. The summed E-state index contributed by atoms with van der Waals surface area (Å²) in [6, 6.07) is 9.12. The highest BCUT2D eigenvalue weighted by molar-refractivity contribution is 6.03. The van der Waals surface area contributed by atoms with E-state index in [0.717, 1.165) is 5.56 Å². The Hall–Kier alpha value is -3.39. The molecular formula is C22H19N3O5. The Morgan fingerprint density at radius 1 is 1.20 bits per heavy atom. The molecule has 4 aliphatic heterocycles. The Morgan fingerprint density at radius 2 is 2.03 bits per heavy atom. The van der Waals surface area contributed by atoms with Gasteiger partial charge in [0, 0.05) is 30.7 Å². The van der Waals surface area contributed by atoms with Crippen LogP contribution in [0.1, 0.15) is 5.56 Å². The van der Waals surface area contributed by atoms with Crippen LogP contribution in [0.3, 0.4) is 0 Å². The molecule has 8 nitrogen and oxygen atoms in total. The summed E-state index contributed by atoms with van der Waals surface area (Å²) < 4.78 is 17.0. The van der Waals surface area contributed by atoms with Gasteiger partial charge >= 0.3 is 0 Å². The van der Waals surface area contributed by atoms with E-state index in [4.69, 9.17) is 14.2 Å². The lowest BCUT2D eigenvalue weighted by Gasteiger charge is -2.23. The summed E-state index contributed by atoms with van der Waals surface area (Å²) in [5.74, 6) is -0.103. The van der Waals surface area contributed by atoms with Gasteiger partial charge < -0.3 is 24.4 Å². The number of benzene rings is 1. The van der Waals surface area contributed by atoms with Crippen molar-refractivity contribution in [2.75, 3.05) is 18.2 Å². The van der Waals surface area contributed by atoms with Gasteiger partial charge in [-0.15, -0.1) is 0 Å². The minimum absolute atomic E-state index is 0.107. The normalized spacial score (nSPS) is 30.1. The molecule has 8 heteroatoms. The van der Waals surface area contributed by atoms with Crippen molar-refractivity contribution in [1.82, 2.24) is 10.3 Å². The highest BCUT2D eigenvalue weighted by atomic mass is 16.7. The third kappa shape index (κ3) is 2.46. The van der Waals surface area contributed by atoms with Gasteiger partial charge in [-0.25, -0.2) is 0 Å². The van der Waals surface area contributed by atoms with Crippen LogP contribution in [0.5, 0.6) is 11.5 Å². The van der Waals surface area contributed by atoms with Gasteiger partial charge in [0.25, 0.3) is 0 Å². The van der Waals surface area contributed by atoms with Crippen molar-refractivity contribution < 1.29 is 23.8 Å². The van der Waals surface area contributed by atoms with E-state index in [1.54, 1.807) is 29.4 Å². The molecule has 2 aromatic rings. The van der Waals surface area contributed by atoms with Gasteiger partial charge in [-0.2, -0.15) is 0 Å². The van der Waals surface area contributed by atoms with E-state index >= 15 is 0 Å². The van der Waals surface area contributed by atoms with Gasteiger partial charge in [-0.05, 0) is 29.8 Å². The van der Waals surface area contributed by atoms with Crippen molar-refractivity contribution in [1.29, 1.82) is 0 Å². The average molecular weight is 405 g/mol. The summed E-state index contributed by atoms with van der Waals surface area (Å²) in [6.07, 6.45) is 6.84. The number of carbonyl (C=O) groups excluding carboxylic acids is 2. The Morgan fingerprint density at radius 3 is 2.90 bits per heavy atom. The molecule has 4 aliphatic rings. The number of hydrogen-bond donors (Lipinski definition) is 1. The summed E-state index contributed by atoms with van der Waals surface area (Å²) in [4.78, 5) is 32.1. The van der Waals surface area contributed by atoms with E-state index in [9.17, 15) is 9.59 Å². The molecule has 30 heavy (non-hydrogen) atoms. The van der Waals surface area contributed by atoms with Crippen LogP contribution in [-0.2, 0) is 20.9 Å². The topological polar surface area (TPSA) is 90.0 Å². The lowest BCUT2D eigenvalue weighted by molar-refractivity contribution is -0.132. The van der Waals surface area contributed by atoms with Crippen LogP contribution >= 0.6 is 0 Å². The second-order valence-corrected chi connectivity index (χ2v) is 7.94. The monoisotopic (exact) mass is 405 g/mol. The lowest BCUT2D eigenvalue weighted by Crippen LogP contribution is -2.43. The predicted octanol–water partition coefficient (Wildman–Crippen LogP) is 1.41. The summed E-state index contributed by atoms with van der Waals surface area (Å²) in [5, 5.41) is 2.96. The van der Waals surface area contributed by atoms with E-state index in [2.05, 4.69) is 10.3 Å². The molecule has 2 bridgehead atoms. The number of nitrogens with zero attached hydrogens (tertiary/aromatic N) is 2. The molecule has 4 atom stereocenters. The highest BCUT2D eigenvalue weighted by Crippen LogP contribution is 2.53. The van der Waals surface area contributed by atoms with Crippen LogP contribution in [-0.4, -0.2) is 41.8 Å². The number of nitrogens with one attached hydrogen (secondary N) is 1. The van der Waals surface area contributed by atoms with Crippen LogP contribution in [0.15, 0.2) is 54.9 Å². The molecule has 1 N–H and O–H groups in total. The van der Waals surface area contributed by atoms with Crippen LogP contribution < -0.4 is 19.7 Å². The van der Waals surface area contributed by atoms with Crippen LogP contribution in [0, 0.1) is 11.8 Å². The van der Waals surface area contributed by atoms with Gasteiger partial charge in [0.15, 0.2) is 11.5 Å². The number of anilines is 1. The van der Waals surface area contributed by atoms with Crippen molar-refractivity contribution in [2.24, 2.45) is 11.8 Å². The molecule has 0 aliphatic carbocycles. The second kappa shape index (κ2) is 6.30. The molecule has 0 saturated carbocycles. The molecule has 152 valence electrons. The third-order valence-electron chi connectivity index (χ3n) is 6.29. The lowest BCUT2D eigenvalue weighted by atomic mass is 9.77. The van der Waals surface area contributed by atoms with Gasteiger partial charge in [0.2, 0.25) is 18.6 Å². The second-order valence-electron chi connectivity index (χ2n) is 7.94. The first kappa shape index (κ1) is 17.5. The van der Waals surface area contributed by atoms with Crippen molar-refractivity contribution in [2.45, 2.75) is 18.2 Å². The highest BCUT2D eigenvalue weighted by Gasteiger charge is 2.67. The first-order valence-electron chi connectivity index (χ1n) is 9.89. The fraction of sp³-hybridized carbons (Fsp3) is 0.318. The maximum absolute atomic E-state index is 13.4. The summed E-state index contributed by atoms with van der Waals surface area (Å²) >= 11 is 0. The van der Waals surface area contributed by atoms with Gasteiger partial charge in [0.1, 0.15) is 5.60 Å². The zero-order valence-corrected chi connectivity index (χ0v) is 16.0. The van der Waals surface area contributed by atoms with E-state index in [-0.39, 0.29) is 24.7 Å². The van der Waals surface area contributed by atoms with E-state index in [1.807, 2.05) is 30.4 Å². The molecule has 2 saturated heterocycles. The minimum Gasteiger partial charge on any atom is -0.454 e. The van der Waals surface area contributed by atoms with Crippen molar-refractivity contribution >= 4 is 17.5 Å². The first-order valence-corrected chi connectivity index (χ1v) is 9.89. The molecule has 1 spiro atoms. The van der Waals surface area contributed by atoms with Crippen LogP contribution in [0.25, 0.3) is 0 Å². The Labute approximate surface area is 172 Å². The molecule has 0 radical (unpaired) electrons. The Bertz CT molecular complexity index is 1070. The van der Waals surface area contributed by atoms with Gasteiger partial charge in [0.05, 0.1) is 24.5 Å². The van der Waals surface area contributed by atoms with E-state index in [0.29, 0.717) is 30.3 Å². The number of pyridine rings is 1. The number of hydrogen-bond acceptors (Lipinski definition) is 6. The average Bonchev–Trinajstić information content (AvgIpc) is 3.53. The number of aromatic nitrogens is 1. The summed E-state index contributed by atoms with van der Waals surface area (Å²) in [5.41, 5.74) is 0.897. The molecule has 6 rings (SSSR count). The molecule has 5 heterocycles. The van der Waals surface area contributed by atoms with Gasteiger partial charge in [-0.1, -0.05) is 12.2 Å². The first-order chi connectivity index (χ1) is 14.6. The van der Waals surface area contributed by atoms with Crippen molar-refractivity contribution in [3.05, 3.63) is 60.4 Å². The molecule has 3 unspecified atom stereocenters. The molecule has 1 aromatic heterocycles. The third-order valence-corrected chi connectivity index (χ3v) is 6.29. The smallest absolute Gasteiger partial charge is 0.234 e. The Balaban J connectivity index is 1.25. The quantitative estimate of drug-likeness (QED) is 0.774. The van der Waals surface area contributed by atoms with Crippen LogP contribution in [0.4, 0.5) is 5.69 Å². The summed E-state index contributed by atoms with van der Waals surface area (Å²) in [6.45, 7) is 0.928. The maximum Gasteiger partial charge on any atom is 0.234 e. The fourth-order valence-corrected chi connectivity index (χ4v) is 4.88. The van der Waals surface area contributed by atoms with E-state index in [1.165, 1.54) is 0 Å². The zero-order chi connectivity index (χ0) is 20.3. The standard InChI is InChI=1S/C22H19N3O5/c26-20(24-10-13-4-7-23-8-5-13)18-16-3-6-22(30-16)11-25(21(27)19(18)22)14-1-2-15-17(9-14)29-12-28-15/h1-9,16,18-19H,10-12H2,(H,24,26)/t16-,18?,19?,22?/m1/s1.